The van der Waals surface area contributed by atoms with E-state index in [-0.39, 0.29) is 5.54 Å². The van der Waals surface area contributed by atoms with Gasteiger partial charge in [-0.2, -0.15) is 0 Å². The lowest BCUT2D eigenvalue weighted by Gasteiger charge is -2.42. The Bertz CT molecular complexity index is 320. The van der Waals surface area contributed by atoms with Gasteiger partial charge in [0.25, 0.3) is 0 Å². The minimum Gasteiger partial charge on any atom is -0.480 e. The second-order valence-electron chi connectivity index (χ2n) is 6.48. The Hall–Kier alpha value is -0.650. The van der Waals surface area contributed by atoms with Crippen molar-refractivity contribution in [2.45, 2.75) is 58.0 Å². The smallest absolute Gasteiger partial charge is 0.323 e. The standard InChI is InChI=1S/C15H30N2O3/c1-5-16-15(4,13(18)19)8-6-7-9-17-10-11-20-12-14(17,2)3/h16H,5-12H2,1-4H3,(H,18,19). The molecule has 0 saturated carbocycles. The van der Waals surface area contributed by atoms with Gasteiger partial charge in [0.1, 0.15) is 5.54 Å². The van der Waals surface area contributed by atoms with E-state index in [2.05, 4.69) is 24.1 Å². The molecule has 0 aromatic heterocycles. The van der Waals surface area contributed by atoms with Gasteiger partial charge in [-0.1, -0.05) is 6.92 Å². The largest absolute Gasteiger partial charge is 0.480 e. The Labute approximate surface area is 122 Å². The highest BCUT2D eigenvalue weighted by Crippen LogP contribution is 2.21. The van der Waals surface area contributed by atoms with Gasteiger partial charge in [0, 0.05) is 12.1 Å². The third-order valence-electron chi connectivity index (χ3n) is 4.21. The van der Waals surface area contributed by atoms with E-state index in [1.165, 1.54) is 0 Å². The van der Waals surface area contributed by atoms with E-state index in [1.54, 1.807) is 6.92 Å². The molecular formula is C15H30N2O3. The Morgan fingerprint density at radius 3 is 2.70 bits per heavy atom. The summed E-state index contributed by atoms with van der Waals surface area (Å²) >= 11 is 0. The third kappa shape index (κ3) is 4.72. The number of hydrogen-bond donors (Lipinski definition) is 2. The summed E-state index contributed by atoms with van der Waals surface area (Å²) in [7, 11) is 0. The number of carboxylic acids is 1. The number of carbonyl (C=O) groups is 1. The molecule has 1 fully saturated rings. The van der Waals surface area contributed by atoms with E-state index in [0.717, 1.165) is 39.1 Å². The quantitative estimate of drug-likeness (QED) is 0.665. The fourth-order valence-corrected chi connectivity index (χ4v) is 2.75. The first-order valence-electron chi connectivity index (χ1n) is 7.63. The van der Waals surface area contributed by atoms with Crippen molar-refractivity contribution in [3.63, 3.8) is 0 Å². The number of hydrogen-bond acceptors (Lipinski definition) is 4. The molecule has 0 aromatic rings. The second-order valence-corrected chi connectivity index (χ2v) is 6.48. The molecule has 1 heterocycles. The van der Waals surface area contributed by atoms with Crippen molar-refractivity contribution in [3.05, 3.63) is 0 Å². The summed E-state index contributed by atoms with van der Waals surface area (Å²) in [6.07, 6.45) is 2.61. The average Bonchev–Trinajstić information content (AvgIpc) is 2.36. The molecule has 0 amide bonds. The van der Waals surface area contributed by atoms with Crippen LogP contribution in [0.3, 0.4) is 0 Å². The first kappa shape index (κ1) is 17.4. The van der Waals surface area contributed by atoms with Crippen LogP contribution in [0, 0.1) is 0 Å². The van der Waals surface area contributed by atoms with Crippen LogP contribution < -0.4 is 5.32 Å². The molecule has 1 saturated heterocycles. The molecule has 0 bridgehead atoms. The van der Waals surface area contributed by atoms with Crippen molar-refractivity contribution in [2.24, 2.45) is 0 Å². The molecule has 0 spiro atoms. The van der Waals surface area contributed by atoms with Crippen LogP contribution in [0.25, 0.3) is 0 Å². The maximum atomic E-state index is 11.3. The summed E-state index contributed by atoms with van der Waals surface area (Å²) in [5, 5.41) is 12.4. The predicted octanol–water partition coefficient (Wildman–Crippen LogP) is 1.72. The van der Waals surface area contributed by atoms with Gasteiger partial charge in [-0.25, -0.2) is 0 Å². The van der Waals surface area contributed by atoms with Gasteiger partial charge in [-0.05, 0) is 53.1 Å². The van der Waals surface area contributed by atoms with Crippen LogP contribution in [0.15, 0.2) is 0 Å². The molecule has 5 heteroatoms. The summed E-state index contributed by atoms with van der Waals surface area (Å²) in [5.41, 5.74) is -0.703. The third-order valence-corrected chi connectivity index (χ3v) is 4.21. The van der Waals surface area contributed by atoms with Gasteiger partial charge in [0.05, 0.1) is 13.2 Å². The first-order chi connectivity index (χ1) is 9.32. The van der Waals surface area contributed by atoms with Gasteiger partial charge < -0.3 is 15.2 Å². The van der Waals surface area contributed by atoms with Crippen LogP contribution >= 0.6 is 0 Å². The van der Waals surface area contributed by atoms with E-state index in [0.29, 0.717) is 13.0 Å². The second kappa shape index (κ2) is 7.38. The number of rotatable bonds is 8. The normalized spacial score (nSPS) is 22.4. The van der Waals surface area contributed by atoms with Crippen molar-refractivity contribution in [3.8, 4) is 0 Å². The van der Waals surface area contributed by atoms with Crippen LogP contribution in [0.1, 0.15) is 47.0 Å². The van der Waals surface area contributed by atoms with Crippen molar-refractivity contribution in [1.82, 2.24) is 10.2 Å². The number of nitrogens with one attached hydrogen (secondary N) is 1. The molecule has 1 unspecified atom stereocenters. The number of nitrogens with zero attached hydrogens (tertiary/aromatic N) is 1. The van der Waals surface area contributed by atoms with Crippen LogP contribution in [0.2, 0.25) is 0 Å². The molecule has 1 aliphatic rings. The fourth-order valence-electron chi connectivity index (χ4n) is 2.75. The summed E-state index contributed by atoms with van der Waals surface area (Å²) in [6.45, 7) is 12.4. The summed E-state index contributed by atoms with van der Waals surface area (Å²) < 4.78 is 5.51. The summed E-state index contributed by atoms with van der Waals surface area (Å²) in [6, 6.07) is 0. The number of ether oxygens (including phenoxy) is 1. The van der Waals surface area contributed by atoms with Crippen molar-refractivity contribution >= 4 is 5.97 Å². The van der Waals surface area contributed by atoms with Crippen molar-refractivity contribution in [1.29, 1.82) is 0 Å². The van der Waals surface area contributed by atoms with Gasteiger partial charge >= 0.3 is 5.97 Å². The zero-order chi connectivity index (χ0) is 15.2. The zero-order valence-electron chi connectivity index (χ0n) is 13.4. The van der Waals surface area contributed by atoms with Crippen molar-refractivity contribution < 1.29 is 14.6 Å². The van der Waals surface area contributed by atoms with Gasteiger partial charge in [-0.3, -0.25) is 9.69 Å². The Kier molecular flexibility index (Phi) is 6.43. The molecule has 1 atom stereocenters. The number of morpholine rings is 1. The molecule has 0 aromatic carbocycles. The van der Waals surface area contributed by atoms with Crippen molar-refractivity contribution in [2.75, 3.05) is 32.8 Å². The van der Waals surface area contributed by atoms with E-state index >= 15 is 0 Å². The molecule has 118 valence electrons. The van der Waals surface area contributed by atoms with E-state index in [1.807, 2.05) is 6.92 Å². The lowest BCUT2D eigenvalue weighted by atomic mass is 9.94. The summed E-state index contributed by atoms with van der Waals surface area (Å²) in [4.78, 5) is 13.8. The Balaban J connectivity index is 2.35. The highest BCUT2D eigenvalue weighted by molar-refractivity contribution is 5.78. The molecule has 0 aliphatic carbocycles. The minimum atomic E-state index is -0.796. The molecule has 1 aliphatic heterocycles. The molecule has 2 N–H and O–H groups in total. The van der Waals surface area contributed by atoms with E-state index in [4.69, 9.17) is 4.74 Å². The summed E-state index contributed by atoms with van der Waals surface area (Å²) in [5.74, 6) is -0.758. The monoisotopic (exact) mass is 286 g/mol. The van der Waals surface area contributed by atoms with Crippen LogP contribution in [-0.4, -0.2) is 59.9 Å². The number of unbranched alkanes of at least 4 members (excludes halogenated alkanes) is 1. The SMILES string of the molecule is CCNC(C)(CCCCN1CCOCC1(C)C)C(=O)O. The zero-order valence-corrected chi connectivity index (χ0v) is 13.4. The maximum Gasteiger partial charge on any atom is 0.323 e. The van der Waals surface area contributed by atoms with Crippen LogP contribution in [0.5, 0.6) is 0 Å². The first-order valence-corrected chi connectivity index (χ1v) is 7.63. The molecule has 1 rings (SSSR count). The van der Waals surface area contributed by atoms with Crippen LogP contribution in [-0.2, 0) is 9.53 Å². The number of aliphatic carboxylic acids is 1. The minimum absolute atomic E-state index is 0.0933. The van der Waals surface area contributed by atoms with E-state index in [9.17, 15) is 9.90 Å². The van der Waals surface area contributed by atoms with E-state index < -0.39 is 11.5 Å². The number of carboxylic acid groups (broad SMARTS) is 1. The van der Waals surface area contributed by atoms with Gasteiger partial charge in [0.15, 0.2) is 0 Å². The van der Waals surface area contributed by atoms with Crippen LogP contribution in [0.4, 0.5) is 0 Å². The molecule has 0 radical (unpaired) electrons. The lowest BCUT2D eigenvalue weighted by molar-refractivity contribution is -0.144. The molecule has 20 heavy (non-hydrogen) atoms. The molecular weight excluding hydrogens is 256 g/mol. The van der Waals surface area contributed by atoms with Gasteiger partial charge in [0.2, 0.25) is 0 Å². The lowest BCUT2D eigenvalue weighted by Crippen LogP contribution is -2.53. The average molecular weight is 286 g/mol. The highest BCUT2D eigenvalue weighted by atomic mass is 16.5. The predicted molar refractivity (Wildman–Crippen MR) is 80.0 cm³/mol. The topological polar surface area (TPSA) is 61.8 Å². The number of likely N-dealkylation sites (N-methyl/N-ethyl adjacent to an activating group) is 1. The highest BCUT2D eigenvalue weighted by Gasteiger charge is 2.32. The van der Waals surface area contributed by atoms with Gasteiger partial charge in [-0.15, -0.1) is 0 Å². The maximum absolute atomic E-state index is 11.3. The fraction of sp³-hybridized carbons (Fsp3) is 0.933. The molecule has 5 nitrogen and oxygen atoms in total. The Morgan fingerprint density at radius 1 is 1.45 bits per heavy atom. The Morgan fingerprint density at radius 2 is 2.15 bits per heavy atom.